The van der Waals surface area contributed by atoms with E-state index >= 15 is 0 Å². The molecule has 0 aliphatic carbocycles. The van der Waals surface area contributed by atoms with Crippen molar-refractivity contribution in [3.63, 3.8) is 0 Å². The molecular formula is C13H28N2O. The number of hydrogen-bond donors (Lipinski definition) is 2. The number of rotatable bonds is 4. The third kappa shape index (κ3) is 6.46. The van der Waals surface area contributed by atoms with E-state index in [0.717, 1.165) is 6.42 Å². The van der Waals surface area contributed by atoms with Crippen LogP contribution in [0.5, 0.6) is 0 Å². The van der Waals surface area contributed by atoms with Crippen molar-refractivity contribution in [1.82, 2.24) is 10.8 Å². The van der Waals surface area contributed by atoms with Gasteiger partial charge in [-0.3, -0.25) is 4.84 Å². The zero-order valence-electron chi connectivity index (χ0n) is 11.3. The minimum Gasteiger partial charge on any atom is -0.314 e. The SMILES string of the molecule is CC(CC1CCCCCN1)NOC(C)(C)C. The second-order valence-electron chi connectivity index (χ2n) is 5.97. The van der Waals surface area contributed by atoms with Crippen LogP contribution in [-0.2, 0) is 4.84 Å². The summed E-state index contributed by atoms with van der Waals surface area (Å²) >= 11 is 0. The molecule has 1 aliphatic rings. The molecule has 2 unspecified atom stereocenters. The van der Waals surface area contributed by atoms with Gasteiger partial charge in [0.2, 0.25) is 0 Å². The molecule has 0 aromatic rings. The average molecular weight is 228 g/mol. The van der Waals surface area contributed by atoms with Crippen molar-refractivity contribution in [2.75, 3.05) is 6.54 Å². The minimum atomic E-state index is -0.106. The van der Waals surface area contributed by atoms with Crippen LogP contribution in [0.15, 0.2) is 0 Å². The summed E-state index contributed by atoms with van der Waals surface area (Å²) < 4.78 is 0. The lowest BCUT2D eigenvalue weighted by Gasteiger charge is -2.25. The van der Waals surface area contributed by atoms with E-state index in [1.807, 2.05) is 0 Å². The van der Waals surface area contributed by atoms with Gasteiger partial charge in [0.25, 0.3) is 0 Å². The van der Waals surface area contributed by atoms with Crippen LogP contribution in [0.4, 0.5) is 0 Å². The summed E-state index contributed by atoms with van der Waals surface area (Å²) in [4.78, 5) is 5.59. The Balaban J connectivity index is 2.19. The van der Waals surface area contributed by atoms with Gasteiger partial charge in [-0.2, -0.15) is 5.48 Å². The number of nitrogens with one attached hydrogen (secondary N) is 2. The molecule has 1 heterocycles. The number of hydroxylamine groups is 1. The first kappa shape index (κ1) is 13.9. The highest BCUT2D eigenvalue weighted by Gasteiger charge is 2.17. The molecule has 0 aromatic heterocycles. The molecule has 3 nitrogen and oxygen atoms in total. The zero-order chi connectivity index (χ0) is 12.0. The summed E-state index contributed by atoms with van der Waals surface area (Å²) in [5, 5.41) is 3.61. The van der Waals surface area contributed by atoms with Gasteiger partial charge in [0.1, 0.15) is 0 Å². The second-order valence-corrected chi connectivity index (χ2v) is 5.97. The summed E-state index contributed by atoms with van der Waals surface area (Å²) in [6, 6.07) is 1.07. The highest BCUT2D eigenvalue weighted by molar-refractivity contribution is 4.74. The molecule has 1 rings (SSSR count). The molecular weight excluding hydrogens is 200 g/mol. The molecule has 0 radical (unpaired) electrons. The van der Waals surface area contributed by atoms with Crippen LogP contribution in [0.1, 0.15) is 59.8 Å². The fourth-order valence-electron chi connectivity index (χ4n) is 2.05. The van der Waals surface area contributed by atoms with Crippen molar-refractivity contribution in [2.24, 2.45) is 0 Å². The van der Waals surface area contributed by atoms with E-state index in [9.17, 15) is 0 Å². The molecule has 0 aromatic carbocycles. The Morgan fingerprint density at radius 3 is 2.75 bits per heavy atom. The summed E-state index contributed by atoms with van der Waals surface area (Å²) in [6.45, 7) is 9.57. The third-order valence-corrected chi connectivity index (χ3v) is 2.87. The third-order valence-electron chi connectivity index (χ3n) is 2.87. The van der Waals surface area contributed by atoms with Crippen LogP contribution in [0.2, 0.25) is 0 Å². The van der Waals surface area contributed by atoms with Crippen LogP contribution in [0, 0.1) is 0 Å². The minimum absolute atomic E-state index is 0.106. The number of hydrogen-bond acceptors (Lipinski definition) is 3. The lowest BCUT2D eigenvalue weighted by atomic mass is 10.0. The van der Waals surface area contributed by atoms with Crippen molar-refractivity contribution < 1.29 is 4.84 Å². The molecule has 1 aliphatic heterocycles. The Labute approximate surface area is 100 Å². The standard InChI is InChI=1S/C13H28N2O/c1-11(15-16-13(2,3)4)10-12-8-6-5-7-9-14-12/h11-12,14-15H,5-10H2,1-4H3. The maximum absolute atomic E-state index is 5.59. The van der Waals surface area contributed by atoms with E-state index in [4.69, 9.17) is 4.84 Å². The Bertz CT molecular complexity index is 181. The van der Waals surface area contributed by atoms with Gasteiger partial charge in [0.15, 0.2) is 0 Å². The second kappa shape index (κ2) is 6.58. The maximum Gasteiger partial charge on any atom is 0.0813 e. The predicted octanol–water partition coefficient (Wildman–Crippen LogP) is 2.62. The van der Waals surface area contributed by atoms with Gasteiger partial charge in [-0.05, 0) is 53.5 Å². The van der Waals surface area contributed by atoms with Gasteiger partial charge in [-0.15, -0.1) is 0 Å². The Kier molecular flexibility index (Phi) is 5.73. The zero-order valence-corrected chi connectivity index (χ0v) is 11.3. The van der Waals surface area contributed by atoms with Gasteiger partial charge in [0.05, 0.1) is 5.60 Å². The molecule has 1 saturated heterocycles. The normalized spacial score (nSPS) is 25.1. The fourth-order valence-corrected chi connectivity index (χ4v) is 2.05. The Hall–Kier alpha value is -0.120. The molecule has 0 amide bonds. The predicted molar refractivity (Wildman–Crippen MR) is 68.3 cm³/mol. The quantitative estimate of drug-likeness (QED) is 0.726. The Morgan fingerprint density at radius 1 is 1.31 bits per heavy atom. The van der Waals surface area contributed by atoms with Crippen molar-refractivity contribution in [3.8, 4) is 0 Å². The Morgan fingerprint density at radius 2 is 2.06 bits per heavy atom. The molecule has 96 valence electrons. The smallest absolute Gasteiger partial charge is 0.0813 e. The van der Waals surface area contributed by atoms with Crippen molar-refractivity contribution >= 4 is 0 Å². The summed E-state index contributed by atoms with van der Waals surface area (Å²) in [6.07, 6.45) is 6.53. The molecule has 0 bridgehead atoms. The summed E-state index contributed by atoms with van der Waals surface area (Å²) in [5.41, 5.74) is 3.04. The van der Waals surface area contributed by atoms with Gasteiger partial charge < -0.3 is 5.32 Å². The fraction of sp³-hybridized carbons (Fsp3) is 1.00. The van der Waals surface area contributed by atoms with E-state index in [2.05, 4.69) is 38.5 Å². The molecule has 2 N–H and O–H groups in total. The van der Waals surface area contributed by atoms with Crippen LogP contribution in [-0.4, -0.2) is 24.2 Å². The maximum atomic E-state index is 5.59. The topological polar surface area (TPSA) is 33.3 Å². The monoisotopic (exact) mass is 228 g/mol. The molecule has 0 spiro atoms. The first-order valence-electron chi connectivity index (χ1n) is 6.64. The van der Waals surface area contributed by atoms with E-state index in [1.165, 1.54) is 32.2 Å². The van der Waals surface area contributed by atoms with E-state index in [0.29, 0.717) is 12.1 Å². The van der Waals surface area contributed by atoms with Crippen molar-refractivity contribution in [2.45, 2.75) is 77.5 Å². The van der Waals surface area contributed by atoms with E-state index < -0.39 is 0 Å². The van der Waals surface area contributed by atoms with Crippen LogP contribution in [0.3, 0.4) is 0 Å². The summed E-state index contributed by atoms with van der Waals surface area (Å²) in [7, 11) is 0. The van der Waals surface area contributed by atoms with Crippen molar-refractivity contribution in [1.29, 1.82) is 0 Å². The van der Waals surface area contributed by atoms with Gasteiger partial charge in [-0.1, -0.05) is 12.8 Å². The van der Waals surface area contributed by atoms with E-state index in [-0.39, 0.29) is 5.60 Å². The lowest BCUT2D eigenvalue weighted by molar-refractivity contribution is -0.0878. The molecule has 2 atom stereocenters. The molecule has 1 fully saturated rings. The first-order valence-corrected chi connectivity index (χ1v) is 6.64. The van der Waals surface area contributed by atoms with Crippen molar-refractivity contribution in [3.05, 3.63) is 0 Å². The largest absolute Gasteiger partial charge is 0.314 e. The highest BCUT2D eigenvalue weighted by Crippen LogP contribution is 2.13. The van der Waals surface area contributed by atoms with Crippen LogP contribution >= 0.6 is 0 Å². The highest BCUT2D eigenvalue weighted by atomic mass is 16.7. The molecule has 16 heavy (non-hydrogen) atoms. The molecule has 0 saturated carbocycles. The average Bonchev–Trinajstić information content (AvgIpc) is 2.42. The lowest BCUT2D eigenvalue weighted by Crippen LogP contribution is -2.40. The summed E-state index contributed by atoms with van der Waals surface area (Å²) in [5.74, 6) is 0. The van der Waals surface area contributed by atoms with Gasteiger partial charge in [0, 0.05) is 12.1 Å². The van der Waals surface area contributed by atoms with Gasteiger partial charge >= 0.3 is 0 Å². The first-order chi connectivity index (χ1) is 7.47. The van der Waals surface area contributed by atoms with Gasteiger partial charge in [-0.25, -0.2) is 0 Å². The van der Waals surface area contributed by atoms with Crippen LogP contribution < -0.4 is 10.8 Å². The van der Waals surface area contributed by atoms with E-state index in [1.54, 1.807) is 0 Å². The molecule has 3 heteroatoms. The van der Waals surface area contributed by atoms with Crippen LogP contribution in [0.25, 0.3) is 0 Å².